The number of alkyl halides is 1. The summed E-state index contributed by atoms with van der Waals surface area (Å²) in [5, 5.41) is 0. The SMILES string of the molecule is CCOc1ccc(Br)cc1C(=O)CCCCl. The van der Waals surface area contributed by atoms with Gasteiger partial charge in [-0.2, -0.15) is 0 Å². The summed E-state index contributed by atoms with van der Waals surface area (Å²) in [4.78, 5) is 11.9. The molecular weight excluding hydrogens is 291 g/mol. The molecule has 1 aromatic carbocycles. The summed E-state index contributed by atoms with van der Waals surface area (Å²) >= 11 is 8.92. The largest absolute Gasteiger partial charge is 0.493 e. The highest BCUT2D eigenvalue weighted by atomic mass is 79.9. The second-order valence-electron chi connectivity index (χ2n) is 3.29. The maximum absolute atomic E-state index is 11.9. The Bertz CT molecular complexity index is 366. The van der Waals surface area contributed by atoms with Crippen molar-refractivity contribution >= 4 is 33.3 Å². The Morgan fingerprint density at radius 2 is 2.25 bits per heavy atom. The van der Waals surface area contributed by atoms with Crippen LogP contribution in [0, 0.1) is 0 Å². The number of rotatable bonds is 6. The number of carbonyl (C=O) groups is 1. The maximum atomic E-state index is 11.9. The lowest BCUT2D eigenvalue weighted by molar-refractivity contribution is 0.0978. The average molecular weight is 306 g/mol. The van der Waals surface area contributed by atoms with Crippen molar-refractivity contribution in [2.24, 2.45) is 0 Å². The predicted octanol–water partition coefficient (Wildman–Crippen LogP) is 4.05. The van der Waals surface area contributed by atoms with E-state index in [1.165, 1.54) is 0 Å². The van der Waals surface area contributed by atoms with Crippen LogP contribution in [0.25, 0.3) is 0 Å². The molecule has 0 fully saturated rings. The average Bonchev–Trinajstić information content (AvgIpc) is 2.28. The molecule has 0 aliphatic heterocycles. The topological polar surface area (TPSA) is 26.3 Å². The summed E-state index contributed by atoms with van der Waals surface area (Å²) in [6.07, 6.45) is 1.15. The summed E-state index contributed by atoms with van der Waals surface area (Å²) in [6.45, 7) is 2.45. The Morgan fingerprint density at radius 3 is 2.88 bits per heavy atom. The Balaban J connectivity index is 2.90. The van der Waals surface area contributed by atoms with Gasteiger partial charge in [-0.15, -0.1) is 11.6 Å². The molecule has 2 nitrogen and oxygen atoms in total. The van der Waals surface area contributed by atoms with Gasteiger partial charge in [-0.05, 0) is 31.5 Å². The Labute approximate surface area is 109 Å². The van der Waals surface area contributed by atoms with Gasteiger partial charge in [0.15, 0.2) is 5.78 Å². The van der Waals surface area contributed by atoms with Crippen LogP contribution in [0.4, 0.5) is 0 Å². The molecule has 1 aromatic rings. The van der Waals surface area contributed by atoms with Crippen molar-refractivity contribution in [2.45, 2.75) is 19.8 Å². The molecule has 88 valence electrons. The van der Waals surface area contributed by atoms with Crippen molar-refractivity contribution < 1.29 is 9.53 Å². The minimum Gasteiger partial charge on any atom is -0.493 e. The van der Waals surface area contributed by atoms with E-state index < -0.39 is 0 Å². The van der Waals surface area contributed by atoms with Gasteiger partial charge < -0.3 is 4.74 Å². The van der Waals surface area contributed by atoms with Gasteiger partial charge in [0.05, 0.1) is 12.2 Å². The van der Waals surface area contributed by atoms with Crippen LogP contribution in [0.2, 0.25) is 0 Å². The fourth-order valence-corrected chi connectivity index (χ4v) is 1.86. The van der Waals surface area contributed by atoms with Crippen LogP contribution in [-0.4, -0.2) is 18.3 Å². The third kappa shape index (κ3) is 3.80. The number of carbonyl (C=O) groups excluding carboxylic acids is 1. The maximum Gasteiger partial charge on any atom is 0.166 e. The second kappa shape index (κ2) is 6.92. The molecule has 0 aromatic heterocycles. The number of ether oxygens (including phenoxy) is 1. The van der Waals surface area contributed by atoms with Crippen molar-refractivity contribution in [3.05, 3.63) is 28.2 Å². The predicted molar refractivity (Wildman–Crippen MR) is 69.6 cm³/mol. The summed E-state index contributed by atoms with van der Waals surface area (Å²) < 4.78 is 6.30. The van der Waals surface area contributed by atoms with Gasteiger partial charge in [-0.1, -0.05) is 15.9 Å². The minimum absolute atomic E-state index is 0.0744. The number of hydrogen-bond acceptors (Lipinski definition) is 2. The molecular formula is C12H14BrClO2. The van der Waals surface area contributed by atoms with Gasteiger partial charge in [-0.3, -0.25) is 4.79 Å². The summed E-state index contributed by atoms with van der Waals surface area (Å²) in [6, 6.07) is 5.46. The number of benzene rings is 1. The third-order valence-corrected chi connectivity index (χ3v) is 2.84. The van der Waals surface area contributed by atoms with Crippen LogP contribution in [0.15, 0.2) is 22.7 Å². The van der Waals surface area contributed by atoms with E-state index in [-0.39, 0.29) is 5.78 Å². The van der Waals surface area contributed by atoms with E-state index in [9.17, 15) is 4.79 Å². The number of ketones is 1. The van der Waals surface area contributed by atoms with E-state index in [4.69, 9.17) is 16.3 Å². The quantitative estimate of drug-likeness (QED) is 0.585. The molecule has 0 saturated heterocycles. The first-order valence-electron chi connectivity index (χ1n) is 5.20. The van der Waals surface area contributed by atoms with Crippen LogP contribution in [0.1, 0.15) is 30.1 Å². The molecule has 0 saturated carbocycles. The molecule has 0 heterocycles. The molecule has 1 rings (SSSR count). The van der Waals surface area contributed by atoms with Crippen LogP contribution >= 0.6 is 27.5 Å². The molecule has 16 heavy (non-hydrogen) atoms. The zero-order valence-corrected chi connectivity index (χ0v) is 11.5. The second-order valence-corrected chi connectivity index (χ2v) is 4.58. The van der Waals surface area contributed by atoms with E-state index in [0.29, 0.717) is 36.6 Å². The van der Waals surface area contributed by atoms with E-state index in [0.717, 1.165) is 4.47 Å². The van der Waals surface area contributed by atoms with Gasteiger partial charge in [0, 0.05) is 16.8 Å². The lowest BCUT2D eigenvalue weighted by Gasteiger charge is -2.09. The highest BCUT2D eigenvalue weighted by Gasteiger charge is 2.12. The normalized spacial score (nSPS) is 10.2. The fourth-order valence-electron chi connectivity index (χ4n) is 1.36. The monoisotopic (exact) mass is 304 g/mol. The van der Waals surface area contributed by atoms with Crippen molar-refractivity contribution in [2.75, 3.05) is 12.5 Å². The highest BCUT2D eigenvalue weighted by molar-refractivity contribution is 9.10. The summed E-state index contributed by atoms with van der Waals surface area (Å²) in [5.74, 6) is 1.22. The Hall–Kier alpha value is -0.540. The summed E-state index contributed by atoms with van der Waals surface area (Å²) in [7, 11) is 0. The van der Waals surface area contributed by atoms with Crippen molar-refractivity contribution in [1.82, 2.24) is 0 Å². The number of hydrogen-bond donors (Lipinski definition) is 0. The van der Waals surface area contributed by atoms with Crippen LogP contribution in [0.5, 0.6) is 5.75 Å². The van der Waals surface area contributed by atoms with Gasteiger partial charge in [0.2, 0.25) is 0 Å². The molecule has 0 aliphatic carbocycles. The lowest BCUT2D eigenvalue weighted by Crippen LogP contribution is -2.04. The van der Waals surface area contributed by atoms with Gasteiger partial charge in [-0.25, -0.2) is 0 Å². The molecule has 0 radical (unpaired) electrons. The van der Waals surface area contributed by atoms with Crippen LogP contribution < -0.4 is 4.74 Å². The lowest BCUT2D eigenvalue weighted by atomic mass is 10.1. The van der Waals surface area contributed by atoms with Crippen LogP contribution in [0.3, 0.4) is 0 Å². The molecule has 0 atom stereocenters. The molecule has 0 bridgehead atoms. The third-order valence-electron chi connectivity index (χ3n) is 2.08. The van der Waals surface area contributed by atoms with E-state index in [2.05, 4.69) is 15.9 Å². The van der Waals surface area contributed by atoms with Crippen molar-refractivity contribution in [3.63, 3.8) is 0 Å². The van der Waals surface area contributed by atoms with Crippen molar-refractivity contribution in [3.8, 4) is 5.75 Å². The number of halogens is 2. The first kappa shape index (κ1) is 13.5. The van der Waals surface area contributed by atoms with E-state index in [1.807, 2.05) is 19.1 Å². The standard InChI is InChI=1S/C12H14BrClO2/c1-2-16-12-6-5-9(13)8-10(12)11(15)4-3-7-14/h5-6,8H,2-4,7H2,1H3. The smallest absolute Gasteiger partial charge is 0.166 e. The molecule has 0 amide bonds. The highest BCUT2D eigenvalue weighted by Crippen LogP contribution is 2.25. The van der Waals surface area contributed by atoms with Crippen LogP contribution in [-0.2, 0) is 0 Å². The van der Waals surface area contributed by atoms with Crippen molar-refractivity contribution in [1.29, 1.82) is 0 Å². The molecule has 0 aliphatic rings. The van der Waals surface area contributed by atoms with E-state index in [1.54, 1.807) is 6.07 Å². The number of Topliss-reactive ketones (excluding diaryl/α,β-unsaturated/α-hetero) is 1. The van der Waals surface area contributed by atoms with E-state index >= 15 is 0 Å². The first-order chi connectivity index (χ1) is 7.69. The van der Waals surface area contributed by atoms with Gasteiger partial charge in [0.1, 0.15) is 5.75 Å². The molecule has 4 heteroatoms. The Morgan fingerprint density at radius 1 is 1.50 bits per heavy atom. The molecule has 0 spiro atoms. The van der Waals surface area contributed by atoms with Gasteiger partial charge >= 0.3 is 0 Å². The molecule has 0 unspecified atom stereocenters. The zero-order valence-electron chi connectivity index (χ0n) is 9.13. The minimum atomic E-state index is 0.0744. The van der Waals surface area contributed by atoms with Gasteiger partial charge in [0.25, 0.3) is 0 Å². The fraction of sp³-hybridized carbons (Fsp3) is 0.417. The molecule has 0 N–H and O–H groups in total. The first-order valence-corrected chi connectivity index (χ1v) is 6.53. The Kier molecular flexibility index (Phi) is 5.85. The summed E-state index contributed by atoms with van der Waals surface area (Å²) in [5.41, 5.74) is 0.626. The zero-order chi connectivity index (χ0) is 12.0.